The van der Waals surface area contributed by atoms with Gasteiger partial charge in [-0.2, -0.15) is 13.1 Å². The molecule has 0 spiro atoms. The Balaban J connectivity index is 2.64. The lowest BCUT2D eigenvalue weighted by Gasteiger charge is -2.45. The predicted molar refractivity (Wildman–Crippen MR) is 108 cm³/mol. The van der Waals surface area contributed by atoms with Crippen molar-refractivity contribution in [1.29, 1.82) is 0 Å². The number of aliphatic imine (C=N–C) groups is 1. The summed E-state index contributed by atoms with van der Waals surface area (Å²) in [4.78, 5) is 7.45. The lowest BCUT2D eigenvalue weighted by molar-refractivity contribution is 0.285. The minimum atomic E-state index is -3.74. The first-order valence-corrected chi connectivity index (χ1v) is 10.9. The highest BCUT2D eigenvalue weighted by molar-refractivity contribution is 7.87. The summed E-state index contributed by atoms with van der Waals surface area (Å²) in [5, 5.41) is 5.24. The van der Waals surface area contributed by atoms with Crippen molar-refractivity contribution in [2.45, 2.75) is 80.8 Å². The first kappa shape index (κ1) is 21.4. The van der Waals surface area contributed by atoms with Crippen LogP contribution in [0.25, 0.3) is 0 Å². The molecule has 2 aliphatic rings. The minimum Gasteiger partial charge on any atom is -0.332 e. The van der Waals surface area contributed by atoms with Gasteiger partial charge in [0.2, 0.25) is 0 Å². The molecule has 0 amide bonds. The molecule has 2 atom stereocenters. The molecule has 1 saturated heterocycles. The SMILES string of the molecule is CC(C)(C)C1=N[C@H](C(C)(C)C)C(C(C)(C)C)=C2C[C@H](NS(N)(=O)=O)CN12. The fourth-order valence-electron chi connectivity index (χ4n) is 4.00. The van der Waals surface area contributed by atoms with E-state index in [1.807, 2.05) is 0 Å². The van der Waals surface area contributed by atoms with Gasteiger partial charge in [-0.1, -0.05) is 62.3 Å². The summed E-state index contributed by atoms with van der Waals surface area (Å²) in [6.45, 7) is 20.3. The number of hydrogen-bond donors (Lipinski definition) is 2. The zero-order valence-electron chi connectivity index (χ0n) is 17.8. The second-order valence-corrected chi connectivity index (χ2v) is 12.1. The molecule has 0 aromatic carbocycles. The van der Waals surface area contributed by atoms with Crippen molar-refractivity contribution in [3.8, 4) is 0 Å². The molecule has 6 nitrogen and oxygen atoms in total. The number of fused-ring (bicyclic) bond motifs is 1. The lowest BCUT2D eigenvalue weighted by atomic mass is 9.70. The Morgan fingerprint density at radius 2 is 1.58 bits per heavy atom. The number of amidine groups is 1. The Hall–Kier alpha value is -0.920. The van der Waals surface area contributed by atoms with E-state index >= 15 is 0 Å². The van der Waals surface area contributed by atoms with E-state index in [2.05, 4.69) is 71.9 Å². The number of nitrogens with zero attached hydrogens (tertiary/aromatic N) is 2. The molecule has 0 aromatic heterocycles. The summed E-state index contributed by atoms with van der Waals surface area (Å²) in [5.41, 5.74) is 2.29. The van der Waals surface area contributed by atoms with Crippen molar-refractivity contribution in [2.24, 2.45) is 26.4 Å². The smallest absolute Gasteiger partial charge is 0.274 e. The summed E-state index contributed by atoms with van der Waals surface area (Å²) in [6, 6.07) is -0.167. The van der Waals surface area contributed by atoms with E-state index < -0.39 is 10.2 Å². The van der Waals surface area contributed by atoms with Gasteiger partial charge in [0.05, 0.1) is 6.04 Å². The van der Waals surface area contributed by atoms with E-state index in [-0.39, 0.29) is 28.3 Å². The third-order valence-corrected chi connectivity index (χ3v) is 5.55. The number of nitrogens with two attached hydrogens (primary N) is 1. The van der Waals surface area contributed by atoms with Gasteiger partial charge in [-0.05, 0) is 16.4 Å². The molecule has 0 unspecified atom stereocenters. The van der Waals surface area contributed by atoms with Crippen LogP contribution in [0.2, 0.25) is 0 Å². The van der Waals surface area contributed by atoms with Crippen molar-refractivity contribution >= 4 is 16.0 Å². The van der Waals surface area contributed by atoms with Crippen molar-refractivity contribution in [2.75, 3.05) is 6.54 Å². The van der Waals surface area contributed by atoms with Crippen LogP contribution in [0.3, 0.4) is 0 Å². The standard InChI is InChI=1S/C19H36N4O2S/c1-17(2,3)14-13-10-12(22-26(20,24)25)11-23(13)16(19(7,8)9)21-15(14)18(4,5)6/h12,15,22H,10-11H2,1-9H3,(H2,20,24,25)/t12-,15-/m0/s1. The highest BCUT2D eigenvalue weighted by Crippen LogP contribution is 2.47. The van der Waals surface area contributed by atoms with Gasteiger partial charge in [0.25, 0.3) is 10.2 Å². The van der Waals surface area contributed by atoms with Crippen molar-refractivity contribution in [3.63, 3.8) is 0 Å². The summed E-state index contributed by atoms with van der Waals surface area (Å²) >= 11 is 0. The highest BCUT2D eigenvalue weighted by Gasteiger charge is 2.46. The van der Waals surface area contributed by atoms with Crippen LogP contribution in [0.15, 0.2) is 16.3 Å². The third kappa shape index (κ3) is 4.49. The van der Waals surface area contributed by atoms with Crippen LogP contribution in [0.1, 0.15) is 68.7 Å². The van der Waals surface area contributed by atoms with Crippen molar-refractivity contribution in [3.05, 3.63) is 11.3 Å². The second-order valence-electron chi connectivity index (χ2n) is 10.8. The van der Waals surface area contributed by atoms with Crippen molar-refractivity contribution < 1.29 is 8.42 Å². The number of nitrogens with one attached hydrogen (secondary N) is 1. The molecule has 2 rings (SSSR count). The minimum absolute atomic E-state index is 0.0241. The van der Waals surface area contributed by atoms with E-state index in [0.29, 0.717) is 13.0 Å². The van der Waals surface area contributed by atoms with Crippen LogP contribution in [0.4, 0.5) is 0 Å². The van der Waals surface area contributed by atoms with Crippen LogP contribution < -0.4 is 9.86 Å². The first-order valence-electron chi connectivity index (χ1n) is 9.30. The number of rotatable bonds is 2. The van der Waals surface area contributed by atoms with Crippen LogP contribution in [-0.4, -0.2) is 37.8 Å². The molecule has 0 aliphatic carbocycles. The Kier molecular flexibility index (Phi) is 5.19. The molecule has 2 aliphatic heterocycles. The molecule has 26 heavy (non-hydrogen) atoms. The van der Waals surface area contributed by atoms with Gasteiger partial charge in [-0.3, -0.25) is 4.99 Å². The van der Waals surface area contributed by atoms with E-state index in [9.17, 15) is 8.42 Å². The van der Waals surface area contributed by atoms with Crippen molar-refractivity contribution in [1.82, 2.24) is 9.62 Å². The normalized spacial score (nSPS) is 25.5. The van der Waals surface area contributed by atoms with Crippen LogP contribution in [0.5, 0.6) is 0 Å². The maximum Gasteiger partial charge on any atom is 0.274 e. The summed E-state index contributed by atoms with van der Waals surface area (Å²) in [7, 11) is -3.74. The van der Waals surface area contributed by atoms with E-state index in [1.165, 1.54) is 11.3 Å². The van der Waals surface area contributed by atoms with E-state index in [4.69, 9.17) is 10.1 Å². The zero-order valence-corrected chi connectivity index (χ0v) is 18.6. The Labute approximate surface area is 159 Å². The van der Waals surface area contributed by atoms with Gasteiger partial charge in [0.15, 0.2) is 0 Å². The van der Waals surface area contributed by atoms with Gasteiger partial charge >= 0.3 is 0 Å². The van der Waals surface area contributed by atoms with E-state index in [0.717, 1.165) is 5.84 Å². The van der Waals surface area contributed by atoms with Gasteiger partial charge < -0.3 is 4.90 Å². The quantitative estimate of drug-likeness (QED) is 0.767. The lowest BCUT2D eigenvalue weighted by Crippen LogP contribution is -2.48. The second kappa shape index (κ2) is 6.31. The topological polar surface area (TPSA) is 87.8 Å². The molecule has 2 heterocycles. The van der Waals surface area contributed by atoms with Gasteiger partial charge in [-0.25, -0.2) is 5.14 Å². The molecular formula is C19H36N4O2S. The maximum absolute atomic E-state index is 11.6. The molecule has 150 valence electrons. The Morgan fingerprint density at radius 3 is 1.96 bits per heavy atom. The highest BCUT2D eigenvalue weighted by atomic mass is 32.2. The fourth-order valence-corrected chi connectivity index (χ4v) is 4.62. The predicted octanol–water partition coefficient (Wildman–Crippen LogP) is 3.03. The molecule has 0 radical (unpaired) electrons. The Bertz CT molecular complexity index is 731. The fraction of sp³-hybridized carbons (Fsp3) is 0.842. The van der Waals surface area contributed by atoms with Gasteiger partial charge in [0.1, 0.15) is 5.84 Å². The summed E-state index contributed by atoms with van der Waals surface area (Å²) < 4.78 is 25.7. The van der Waals surface area contributed by atoms with Gasteiger partial charge in [0, 0.05) is 30.1 Å². The number of hydrogen-bond acceptors (Lipinski definition) is 4. The average Bonchev–Trinajstić information content (AvgIpc) is 2.72. The molecule has 3 N–H and O–H groups in total. The van der Waals surface area contributed by atoms with Crippen LogP contribution >= 0.6 is 0 Å². The summed E-state index contributed by atoms with van der Waals surface area (Å²) in [5.74, 6) is 1.03. The molecule has 1 fully saturated rings. The largest absolute Gasteiger partial charge is 0.332 e. The first-order chi connectivity index (χ1) is 11.4. The van der Waals surface area contributed by atoms with Crippen LogP contribution in [-0.2, 0) is 10.2 Å². The zero-order chi connectivity index (χ0) is 20.3. The molecule has 0 aromatic rings. The maximum atomic E-state index is 11.6. The third-order valence-electron chi connectivity index (χ3n) is 4.89. The summed E-state index contributed by atoms with van der Waals surface area (Å²) in [6.07, 6.45) is 0.644. The molecule has 0 bridgehead atoms. The monoisotopic (exact) mass is 384 g/mol. The average molecular weight is 385 g/mol. The molecule has 0 saturated carbocycles. The Morgan fingerprint density at radius 1 is 1.04 bits per heavy atom. The molecular weight excluding hydrogens is 348 g/mol. The van der Waals surface area contributed by atoms with Gasteiger partial charge in [-0.15, -0.1) is 0 Å². The molecule has 7 heteroatoms. The van der Waals surface area contributed by atoms with Crippen LogP contribution in [0, 0.1) is 16.2 Å². The van der Waals surface area contributed by atoms with E-state index in [1.54, 1.807) is 0 Å².